The van der Waals surface area contributed by atoms with Crippen LogP contribution in [0.2, 0.25) is 0 Å². The summed E-state index contributed by atoms with van der Waals surface area (Å²) < 4.78 is 0. The zero-order valence-electron chi connectivity index (χ0n) is 13.3. The molecule has 0 bridgehead atoms. The number of aromatic amines is 1. The Morgan fingerprint density at radius 3 is 2.39 bits per heavy atom. The fraction of sp³-hybridized carbons (Fsp3) is 0.316. The summed E-state index contributed by atoms with van der Waals surface area (Å²) >= 11 is 0. The van der Waals surface area contributed by atoms with Gasteiger partial charge in [-0.2, -0.15) is 0 Å². The molecule has 0 unspecified atom stereocenters. The van der Waals surface area contributed by atoms with Gasteiger partial charge < -0.3 is 9.88 Å². The number of H-pyrrole nitrogens is 1. The molecule has 0 atom stereocenters. The molecule has 4 nitrogen and oxygen atoms in total. The lowest BCUT2D eigenvalue weighted by molar-refractivity contribution is 0.259. The Kier molecular flexibility index (Phi) is 3.99. The van der Waals surface area contributed by atoms with Crippen molar-refractivity contribution in [1.29, 1.82) is 0 Å². The fourth-order valence-electron chi connectivity index (χ4n) is 3.26. The number of hydrogen-bond donors (Lipinski definition) is 1. The van der Waals surface area contributed by atoms with Gasteiger partial charge in [-0.1, -0.05) is 30.3 Å². The molecular formula is C19H22N4. The molecule has 0 spiro atoms. The highest BCUT2D eigenvalue weighted by atomic mass is 15.3. The number of imidazole rings is 1. The van der Waals surface area contributed by atoms with Crippen molar-refractivity contribution in [1.82, 2.24) is 14.9 Å². The van der Waals surface area contributed by atoms with E-state index in [0.717, 1.165) is 56.0 Å². The molecule has 1 aliphatic heterocycles. The minimum Gasteiger partial charge on any atom is -0.369 e. The average Bonchev–Trinajstić information content (AvgIpc) is 3.04. The van der Waals surface area contributed by atoms with Crippen LogP contribution in [0, 0.1) is 0 Å². The first kappa shape index (κ1) is 14.3. The minimum absolute atomic E-state index is 0.986. The van der Waals surface area contributed by atoms with E-state index in [4.69, 9.17) is 0 Å². The predicted octanol–water partition coefficient (Wildman–Crippen LogP) is 2.93. The Morgan fingerprint density at radius 2 is 1.61 bits per heavy atom. The van der Waals surface area contributed by atoms with Crippen LogP contribution in [0.4, 0.5) is 5.69 Å². The summed E-state index contributed by atoms with van der Waals surface area (Å²) in [6, 6.07) is 18.9. The summed E-state index contributed by atoms with van der Waals surface area (Å²) in [4.78, 5) is 13.1. The minimum atomic E-state index is 0.986. The molecule has 1 aromatic heterocycles. The lowest BCUT2D eigenvalue weighted by Crippen LogP contribution is -2.47. The van der Waals surface area contributed by atoms with Gasteiger partial charge in [-0.05, 0) is 24.3 Å². The zero-order valence-corrected chi connectivity index (χ0v) is 13.3. The molecule has 4 rings (SSSR count). The lowest BCUT2D eigenvalue weighted by atomic mass is 10.2. The standard InChI is InChI=1S/C19H22N4/c1-2-6-16(7-3-1)23-14-12-22(13-15-23)11-10-19-20-17-8-4-5-9-18(17)21-19/h1-9H,10-15H2,(H,20,21). The Labute approximate surface area is 136 Å². The maximum absolute atomic E-state index is 4.67. The van der Waals surface area contributed by atoms with Crippen LogP contribution in [0.3, 0.4) is 0 Å². The van der Waals surface area contributed by atoms with Crippen LogP contribution in [0.25, 0.3) is 11.0 Å². The average molecular weight is 306 g/mol. The Hall–Kier alpha value is -2.33. The number of para-hydroxylation sites is 3. The predicted molar refractivity (Wildman–Crippen MR) is 94.9 cm³/mol. The van der Waals surface area contributed by atoms with Gasteiger partial charge in [0.15, 0.2) is 0 Å². The molecule has 0 aliphatic carbocycles. The maximum Gasteiger partial charge on any atom is 0.108 e. The van der Waals surface area contributed by atoms with Crippen molar-refractivity contribution >= 4 is 16.7 Å². The van der Waals surface area contributed by atoms with Crippen LogP contribution in [-0.4, -0.2) is 47.6 Å². The quantitative estimate of drug-likeness (QED) is 0.805. The van der Waals surface area contributed by atoms with E-state index in [1.165, 1.54) is 5.69 Å². The molecule has 118 valence electrons. The van der Waals surface area contributed by atoms with Crippen LogP contribution in [0.15, 0.2) is 54.6 Å². The van der Waals surface area contributed by atoms with E-state index in [1.807, 2.05) is 12.1 Å². The van der Waals surface area contributed by atoms with Crippen LogP contribution in [-0.2, 0) is 6.42 Å². The van der Waals surface area contributed by atoms with E-state index >= 15 is 0 Å². The number of fused-ring (bicyclic) bond motifs is 1. The van der Waals surface area contributed by atoms with Crippen molar-refractivity contribution in [2.75, 3.05) is 37.6 Å². The van der Waals surface area contributed by atoms with E-state index in [0.29, 0.717) is 0 Å². The smallest absolute Gasteiger partial charge is 0.108 e. The summed E-state index contributed by atoms with van der Waals surface area (Å²) in [5, 5.41) is 0. The van der Waals surface area contributed by atoms with Crippen molar-refractivity contribution in [2.45, 2.75) is 6.42 Å². The van der Waals surface area contributed by atoms with Crippen molar-refractivity contribution in [2.24, 2.45) is 0 Å². The van der Waals surface area contributed by atoms with Gasteiger partial charge in [0.1, 0.15) is 5.82 Å². The Balaban J connectivity index is 1.31. The normalized spacial score (nSPS) is 16.1. The van der Waals surface area contributed by atoms with Gasteiger partial charge in [-0.3, -0.25) is 4.90 Å². The number of nitrogens with zero attached hydrogens (tertiary/aromatic N) is 3. The highest BCUT2D eigenvalue weighted by Gasteiger charge is 2.17. The number of hydrogen-bond acceptors (Lipinski definition) is 3. The van der Waals surface area contributed by atoms with Crippen molar-refractivity contribution in [3.8, 4) is 0 Å². The third-order valence-electron chi connectivity index (χ3n) is 4.60. The highest BCUT2D eigenvalue weighted by molar-refractivity contribution is 5.74. The van der Waals surface area contributed by atoms with Crippen molar-refractivity contribution in [3.05, 3.63) is 60.4 Å². The van der Waals surface area contributed by atoms with Gasteiger partial charge in [0, 0.05) is 44.8 Å². The number of anilines is 1. The third-order valence-corrected chi connectivity index (χ3v) is 4.60. The largest absolute Gasteiger partial charge is 0.369 e. The van der Waals surface area contributed by atoms with Crippen LogP contribution in [0.5, 0.6) is 0 Å². The monoisotopic (exact) mass is 306 g/mol. The number of nitrogens with one attached hydrogen (secondary N) is 1. The zero-order chi connectivity index (χ0) is 15.5. The fourth-order valence-corrected chi connectivity index (χ4v) is 3.26. The summed E-state index contributed by atoms with van der Waals surface area (Å²) in [5.74, 6) is 1.09. The number of rotatable bonds is 4. The molecule has 1 fully saturated rings. The van der Waals surface area contributed by atoms with Gasteiger partial charge in [-0.15, -0.1) is 0 Å². The van der Waals surface area contributed by atoms with Crippen LogP contribution in [0.1, 0.15) is 5.82 Å². The molecular weight excluding hydrogens is 284 g/mol. The Morgan fingerprint density at radius 1 is 0.870 bits per heavy atom. The second kappa shape index (κ2) is 6.42. The molecule has 3 aromatic rings. The molecule has 1 N–H and O–H groups in total. The third kappa shape index (κ3) is 3.22. The molecule has 2 heterocycles. The van der Waals surface area contributed by atoms with Gasteiger partial charge in [0.05, 0.1) is 11.0 Å². The van der Waals surface area contributed by atoms with E-state index in [1.54, 1.807) is 0 Å². The van der Waals surface area contributed by atoms with Gasteiger partial charge in [0.25, 0.3) is 0 Å². The molecule has 1 saturated heterocycles. The van der Waals surface area contributed by atoms with E-state index in [-0.39, 0.29) is 0 Å². The topological polar surface area (TPSA) is 35.2 Å². The molecule has 1 aliphatic rings. The van der Waals surface area contributed by atoms with Crippen LogP contribution < -0.4 is 4.90 Å². The first-order chi connectivity index (χ1) is 11.4. The molecule has 23 heavy (non-hydrogen) atoms. The summed E-state index contributed by atoms with van der Waals surface area (Å²) in [6.07, 6.45) is 0.986. The number of piperazine rings is 1. The van der Waals surface area contributed by atoms with E-state index in [2.05, 4.69) is 62.2 Å². The summed E-state index contributed by atoms with van der Waals surface area (Å²) in [7, 11) is 0. The number of aromatic nitrogens is 2. The summed E-state index contributed by atoms with van der Waals surface area (Å²) in [6.45, 7) is 5.51. The van der Waals surface area contributed by atoms with Gasteiger partial charge >= 0.3 is 0 Å². The van der Waals surface area contributed by atoms with Crippen LogP contribution >= 0.6 is 0 Å². The second-order valence-electron chi connectivity index (χ2n) is 6.11. The lowest BCUT2D eigenvalue weighted by Gasteiger charge is -2.36. The SMILES string of the molecule is c1ccc(N2CCN(CCc3nc4ccccc4[nH]3)CC2)cc1. The van der Waals surface area contributed by atoms with E-state index < -0.39 is 0 Å². The van der Waals surface area contributed by atoms with Crippen molar-refractivity contribution < 1.29 is 0 Å². The highest BCUT2D eigenvalue weighted by Crippen LogP contribution is 2.16. The Bertz CT molecular complexity index is 724. The first-order valence-corrected chi connectivity index (χ1v) is 8.34. The maximum atomic E-state index is 4.67. The summed E-state index contributed by atoms with van der Waals surface area (Å²) in [5.41, 5.74) is 3.54. The van der Waals surface area contributed by atoms with Gasteiger partial charge in [-0.25, -0.2) is 4.98 Å². The number of benzene rings is 2. The molecule has 0 radical (unpaired) electrons. The van der Waals surface area contributed by atoms with Gasteiger partial charge in [0.2, 0.25) is 0 Å². The molecule has 2 aromatic carbocycles. The van der Waals surface area contributed by atoms with E-state index in [9.17, 15) is 0 Å². The molecule has 4 heteroatoms. The van der Waals surface area contributed by atoms with Crippen molar-refractivity contribution in [3.63, 3.8) is 0 Å². The molecule has 0 amide bonds. The molecule has 0 saturated carbocycles. The second-order valence-corrected chi connectivity index (χ2v) is 6.11. The first-order valence-electron chi connectivity index (χ1n) is 8.34.